The molecule has 0 spiro atoms. The second kappa shape index (κ2) is 6.06. The number of nitrogens with one attached hydrogen (secondary N) is 1. The number of methoxy groups -OCH3 is 1. The Morgan fingerprint density at radius 2 is 1.82 bits per heavy atom. The fourth-order valence-corrected chi connectivity index (χ4v) is 2.21. The van der Waals surface area contributed by atoms with Crippen LogP contribution in [0.2, 0.25) is 0 Å². The lowest BCUT2D eigenvalue weighted by Gasteiger charge is -2.28. The third-order valence-electron chi connectivity index (χ3n) is 3.70. The summed E-state index contributed by atoms with van der Waals surface area (Å²) in [4.78, 5) is 0. The van der Waals surface area contributed by atoms with Gasteiger partial charge in [-0.05, 0) is 49.1 Å². The van der Waals surface area contributed by atoms with Gasteiger partial charge in [0.25, 0.3) is 0 Å². The Bertz CT molecular complexity index is 360. The van der Waals surface area contributed by atoms with E-state index in [1.807, 2.05) is 13.1 Å². The summed E-state index contributed by atoms with van der Waals surface area (Å²) in [5.41, 5.74) is 2.66. The van der Waals surface area contributed by atoms with Gasteiger partial charge in [0.1, 0.15) is 5.75 Å². The summed E-state index contributed by atoms with van der Waals surface area (Å²) < 4.78 is 5.25. The molecule has 0 fully saturated rings. The third-order valence-corrected chi connectivity index (χ3v) is 3.70. The zero-order valence-corrected chi connectivity index (χ0v) is 11.9. The predicted molar refractivity (Wildman–Crippen MR) is 73.5 cm³/mol. The molecule has 2 unspecified atom stereocenters. The molecule has 0 radical (unpaired) electrons. The third kappa shape index (κ3) is 3.22. The van der Waals surface area contributed by atoms with Crippen molar-refractivity contribution in [2.45, 2.75) is 33.7 Å². The Hall–Kier alpha value is -1.02. The smallest absolute Gasteiger partial charge is 0.119 e. The van der Waals surface area contributed by atoms with Crippen molar-refractivity contribution in [3.05, 3.63) is 29.3 Å². The second-order valence-corrected chi connectivity index (χ2v) is 5.09. The Morgan fingerprint density at radius 1 is 1.18 bits per heavy atom. The van der Waals surface area contributed by atoms with E-state index in [1.54, 1.807) is 7.11 Å². The fraction of sp³-hybridized carbons (Fsp3) is 0.600. The predicted octanol–water partition coefficient (Wildman–Crippen LogP) is 3.56. The van der Waals surface area contributed by atoms with Crippen LogP contribution in [-0.2, 0) is 0 Å². The van der Waals surface area contributed by atoms with Crippen LogP contribution in [0.4, 0.5) is 0 Å². The van der Waals surface area contributed by atoms with Gasteiger partial charge in [-0.15, -0.1) is 0 Å². The van der Waals surface area contributed by atoms with Gasteiger partial charge in [-0.3, -0.25) is 0 Å². The standard InChI is InChI=1S/C15H25NO/c1-10(2)12(4)15(16-5)14-8-7-13(17-6)9-11(14)3/h7-10,12,15-16H,1-6H3. The first-order valence-electron chi connectivity index (χ1n) is 6.33. The van der Waals surface area contributed by atoms with Gasteiger partial charge in [-0.1, -0.05) is 26.8 Å². The summed E-state index contributed by atoms with van der Waals surface area (Å²) in [6.07, 6.45) is 0. The molecule has 0 amide bonds. The number of rotatable bonds is 5. The van der Waals surface area contributed by atoms with Crippen molar-refractivity contribution < 1.29 is 4.74 Å². The summed E-state index contributed by atoms with van der Waals surface area (Å²) in [6, 6.07) is 6.72. The maximum Gasteiger partial charge on any atom is 0.119 e. The second-order valence-electron chi connectivity index (χ2n) is 5.09. The summed E-state index contributed by atoms with van der Waals surface area (Å²) in [6.45, 7) is 8.99. The molecule has 1 aromatic rings. The van der Waals surface area contributed by atoms with Gasteiger partial charge >= 0.3 is 0 Å². The quantitative estimate of drug-likeness (QED) is 0.842. The highest BCUT2D eigenvalue weighted by Gasteiger charge is 2.21. The number of hydrogen-bond donors (Lipinski definition) is 1. The molecule has 1 aromatic carbocycles. The average Bonchev–Trinajstić information content (AvgIpc) is 2.31. The van der Waals surface area contributed by atoms with Crippen molar-refractivity contribution >= 4 is 0 Å². The molecule has 0 aliphatic heterocycles. The molecular formula is C15H25NO. The van der Waals surface area contributed by atoms with Crippen LogP contribution in [-0.4, -0.2) is 14.2 Å². The van der Waals surface area contributed by atoms with Crippen molar-refractivity contribution in [2.24, 2.45) is 11.8 Å². The Balaban J connectivity index is 3.04. The van der Waals surface area contributed by atoms with Gasteiger partial charge in [0.2, 0.25) is 0 Å². The largest absolute Gasteiger partial charge is 0.497 e. The van der Waals surface area contributed by atoms with E-state index < -0.39 is 0 Å². The minimum absolute atomic E-state index is 0.404. The molecule has 0 saturated carbocycles. The zero-order valence-electron chi connectivity index (χ0n) is 11.9. The van der Waals surface area contributed by atoms with Gasteiger partial charge in [-0.25, -0.2) is 0 Å². The van der Waals surface area contributed by atoms with E-state index in [2.05, 4.69) is 45.1 Å². The van der Waals surface area contributed by atoms with Crippen LogP contribution in [0.25, 0.3) is 0 Å². The molecule has 2 nitrogen and oxygen atoms in total. The summed E-state index contributed by atoms with van der Waals surface area (Å²) in [5, 5.41) is 3.44. The first-order valence-corrected chi connectivity index (χ1v) is 6.33. The van der Waals surface area contributed by atoms with Crippen LogP contribution in [0.5, 0.6) is 5.75 Å². The lowest BCUT2D eigenvalue weighted by molar-refractivity contribution is 0.316. The van der Waals surface area contributed by atoms with Crippen LogP contribution in [0, 0.1) is 18.8 Å². The van der Waals surface area contributed by atoms with Gasteiger partial charge < -0.3 is 10.1 Å². The highest BCUT2D eigenvalue weighted by atomic mass is 16.5. The van der Waals surface area contributed by atoms with E-state index in [0.717, 1.165) is 5.75 Å². The molecule has 17 heavy (non-hydrogen) atoms. The molecule has 0 aliphatic rings. The lowest BCUT2D eigenvalue weighted by atomic mass is 9.84. The molecule has 0 heterocycles. The molecule has 0 aliphatic carbocycles. The van der Waals surface area contributed by atoms with Crippen LogP contribution in [0.3, 0.4) is 0 Å². The number of hydrogen-bond acceptors (Lipinski definition) is 2. The molecule has 0 aromatic heterocycles. The maximum atomic E-state index is 5.25. The Labute approximate surface area is 105 Å². The molecular weight excluding hydrogens is 210 g/mol. The summed E-state index contributed by atoms with van der Waals surface area (Å²) >= 11 is 0. The zero-order chi connectivity index (χ0) is 13.0. The molecule has 1 N–H and O–H groups in total. The Kier molecular flexibility index (Phi) is 5.01. The fourth-order valence-electron chi connectivity index (χ4n) is 2.21. The van der Waals surface area contributed by atoms with Gasteiger partial charge in [0.15, 0.2) is 0 Å². The minimum Gasteiger partial charge on any atom is -0.497 e. The van der Waals surface area contributed by atoms with E-state index in [-0.39, 0.29) is 0 Å². The van der Waals surface area contributed by atoms with Crippen molar-refractivity contribution in [1.29, 1.82) is 0 Å². The van der Waals surface area contributed by atoms with E-state index in [0.29, 0.717) is 17.9 Å². The number of ether oxygens (including phenoxy) is 1. The molecule has 2 heteroatoms. The average molecular weight is 235 g/mol. The molecule has 0 saturated heterocycles. The van der Waals surface area contributed by atoms with Gasteiger partial charge in [0.05, 0.1) is 7.11 Å². The number of benzene rings is 1. The van der Waals surface area contributed by atoms with Crippen molar-refractivity contribution in [2.75, 3.05) is 14.2 Å². The summed E-state index contributed by atoms with van der Waals surface area (Å²) in [7, 11) is 3.74. The highest BCUT2D eigenvalue weighted by Crippen LogP contribution is 2.31. The molecule has 96 valence electrons. The normalized spacial score (nSPS) is 14.8. The monoisotopic (exact) mass is 235 g/mol. The SMILES string of the molecule is CNC(c1ccc(OC)cc1C)C(C)C(C)C. The van der Waals surface area contributed by atoms with Crippen LogP contribution >= 0.6 is 0 Å². The molecule has 2 atom stereocenters. The first-order chi connectivity index (χ1) is 8.01. The van der Waals surface area contributed by atoms with Crippen LogP contribution in [0.1, 0.15) is 37.9 Å². The van der Waals surface area contributed by atoms with E-state index in [4.69, 9.17) is 4.74 Å². The minimum atomic E-state index is 0.404. The molecule has 1 rings (SSSR count). The van der Waals surface area contributed by atoms with Crippen LogP contribution in [0.15, 0.2) is 18.2 Å². The maximum absolute atomic E-state index is 5.25. The van der Waals surface area contributed by atoms with Gasteiger partial charge in [-0.2, -0.15) is 0 Å². The summed E-state index contributed by atoms with van der Waals surface area (Å²) in [5.74, 6) is 2.19. The first kappa shape index (κ1) is 14.0. The Morgan fingerprint density at radius 3 is 2.24 bits per heavy atom. The van der Waals surface area contributed by atoms with E-state index in [9.17, 15) is 0 Å². The van der Waals surface area contributed by atoms with Gasteiger partial charge in [0, 0.05) is 6.04 Å². The molecule has 0 bridgehead atoms. The topological polar surface area (TPSA) is 21.3 Å². The van der Waals surface area contributed by atoms with Crippen LogP contribution < -0.4 is 10.1 Å². The van der Waals surface area contributed by atoms with E-state index >= 15 is 0 Å². The number of aryl methyl sites for hydroxylation is 1. The van der Waals surface area contributed by atoms with Crippen molar-refractivity contribution in [1.82, 2.24) is 5.32 Å². The van der Waals surface area contributed by atoms with Crippen molar-refractivity contribution in [3.63, 3.8) is 0 Å². The van der Waals surface area contributed by atoms with E-state index in [1.165, 1.54) is 11.1 Å². The van der Waals surface area contributed by atoms with Crippen molar-refractivity contribution in [3.8, 4) is 5.75 Å². The highest BCUT2D eigenvalue weighted by molar-refractivity contribution is 5.37. The lowest BCUT2D eigenvalue weighted by Crippen LogP contribution is -2.27.